The third-order valence-electron chi connectivity index (χ3n) is 5.05. The van der Waals surface area contributed by atoms with Gasteiger partial charge in [-0.15, -0.1) is 0 Å². The van der Waals surface area contributed by atoms with Gasteiger partial charge in [0.25, 0.3) is 11.8 Å². The van der Waals surface area contributed by atoms with Crippen LogP contribution in [0, 0.1) is 25.2 Å². The maximum absolute atomic E-state index is 12.6. The summed E-state index contributed by atoms with van der Waals surface area (Å²) in [5, 5.41) is 15.0. The SMILES string of the molecule is COc1ccccc1NC(=O)/C(C#N)=C\c1cccc(OCC(=O)Nc2ccc(C)c(C)c2)c1. The number of amides is 2. The minimum Gasteiger partial charge on any atom is -0.495 e. The maximum atomic E-state index is 12.6. The van der Waals surface area contributed by atoms with Gasteiger partial charge in [-0.1, -0.05) is 30.3 Å². The molecule has 0 radical (unpaired) electrons. The van der Waals surface area contributed by atoms with Crippen LogP contribution in [0.1, 0.15) is 16.7 Å². The summed E-state index contributed by atoms with van der Waals surface area (Å²) >= 11 is 0. The fourth-order valence-electron chi connectivity index (χ4n) is 3.11. The van der Waals surface area contributed by atoms with E-state index in [1.54, 1.807) is 48.5 Å². The Morgan fingerprint density at radius 2 is 1.76 bits per heavy atom. The summed E-state index contributed by atoms with van der Waals surface area (Å²) < 4.78 is 10.8. The zero-order valence-corrected chi connectivity index (χ0v) is 19.2. The number of aryl methyl sites for hydroxylation is 2. The second kappa shape index (κ2) is 11.3. The summed E-state index contributed by atoms with van der Waals surface area (Å²) in [5.74, 6) is 0.0678. The number of ether oxygens (including phenoxy) is 2. The lowest BCUT2D eigenvalue weighted by atomic mass is 10.1. The molecule has 0 saturated carbocycles. The lowest BCUT2D eigenvalue weighted by molar-refractivity contribution is -0.118. The first-order chi connectivity index (χ1) is 16.4. The smallest absolute Gasteiger partial charge is 0.266 e. The van der Waals surface area contributed by atoms with Gasteiger partial charge in [0.05, 0.1) is 12.8 Å². The van der Waals surface area contributed by atoms with Gasteiger partial charge >= 0.3 is 0 Å². The van der Waals surface area contributed by atoms with Crippen molar-refractivity contribution in [1.82, 2.24) is 0 Å². The maximum Gasteiger partial charge on any atom is 0.266 e. The molecular weight excluding hydrogens is 430 g/mol. The zero-order chi connectivity index (χ0) is 24.5. The second-order valence-corrected chi connectivity index (χ2v) is 7.53. The monoisotopic (exact) mass is 455 g/mol. The topological polar surface area (TPSA) is 100 Å². The van der Waals surface area contributed by atoms with Crippen molar-refractivity contribution in [2.24, 2.45) is 0 Å². The predicted molar refractivity (Wildman–Crippen MR) is 132 cm³/mol. The van der Waals surface area contributed by atoms with Gasteiger partial charge in [0, 0.05) is 5.69 Å². The second-order valence-electron chi connectivity index (χ2n) is 7.53. The Bertz CT molecular complexity index is 1270. The molecule has 7 heteroatoms. The highest BCUT2D eigenvalue weighted by molar-refractivity contribution is 6.10. The van der Waals surface area contributed by atoms with Crippen molar-refractivity contribution in [1.29, 1.82) is 5.26 Å². The molecule has 0 fully saturated rings. The van der Waals surface area contributed by atoms with Crippen LogP contribution in [0.15, 0.2) is 72.3 Å². The molecule has 0 spiro atoms. The zero-order valence-electron chi connectivity index (χ0n) is 19.2. The van der Waals surface area contributed by atoms with Gasteiger partial charge in [-0.05, 0) is 73.0 Å². The van der Waals surface area contributed by atoms with Gasteiger partial charge in [0.15, 0.2) is 6.61 Å². The molecule has 0 bridgehead atoms. The molecule has 0 heterocycles. The van der Waals surface area contributed by atoms with Gasteiger partial charge in [-0.2, -0.15) is 5.26 Å². The van der Waals surface area contributed by atoms with Crippen LogP contribution in [0.3, 0.4) is 0 Å². The summed E-state index contributed by atoms with van der Waals surface area (Å²) in [7, 11) is 1.50. The number of para-hydroxylation sites is 2. The fourth-order valence-corrected chi connectivity index (χ4v) is 3.11. The van der Waals surface area contributed by atoms with Crippen molar-refractivity contribution in [2.75, 3.05) is 24.4 Å². The van der Waals surface area contributed by atoms with E-state index in [0.29, 0.717) is 28.4 Å². The quantitative estimate of drug-likeness (QED) is 0.373. The van der Waals surface area contributed by atoms with E-state index in [1.165, 1.54) is 13.2 Å². The first-order valence-electron chi connectivity index (χ1n) is 10.6. The van der Waals surface area contributed by atoms with Gasteiger partial charge < -0.3 is 20.1 Å². The molecule has 0 aliphatic carbocycles. The lowest BCUT2D eigenvalue weighted by Gasteiger charge is -2.10. The molecule has 0 unspecified atom stereocenters. The van der Waals surface area contributed by atoms with E-state index in [-0.39, 0.29) is 18.1 Å². The number of hydrogen-bond donors (Lipinski definition) is 2. The molecule has 0 aliphatic heterocycles. The number of nitrogens with one attached hydrogen (secondary N) is 2. The highest BCUT2D eigenvalue weighted by Gasteiger charge is 2.12. The molecule has 2 N–H and O–H groups in total. The van der Waals surface area contributed by atoms with Crippen LogP contribution in [0.2, 0.25) is 0 Å². The Hall–Kier alpha value is -4.57. The van der Waals surface area contributed by atoms with E-state index in [0.717, 1.165) is 11.1 Å². The molecule has 3 aromatic carbocycles. The van der Waals surface area contributed by atoms with Gasteiger partial charge in [-0.25, -0.2) is 0 Å². The van der Waals surface area contributed by atoms with E-state index < -0.39 is 5.91 Å². The average molecular weight is 456 g/mol. The summed E-state index contributed by atoms with van der Waals surface area (Å²) in [6, 6.07) is 21.3. The lowest BCUT2D eigenvalue weighted by Crippen LogP contribution is -2.20. The number of benzene rings is 3. The fraction of sp³-hybridized carbons (Fsp3) is 0.148. The highest BCUT2D eigenvalue weighted by Crippen LogP contribution is 2.24. The van der Waals surface area contributed by atoms with Crippen LogP contribution in [0.4, 0.5) is 11.4 Å². The average Bonchev–Trinajstić information content (AvgIpc) is 2.84. The molecule has 2 amide bonds. The van der Waals surface area contributed by atoms with Crippen LogP contribution in [0.5, 0.6) is 11.5 Å². The third-order valence-corrected chi connectivity index (χ3v) is 5.05. The number of rotatable bonds is 8. The van der Waals surface area contributed by atoms with Crippen LogP contribution in [0.25, 0.3) is 6.08 Å². The van der Waals surface area contributed by atoms with Crippen molar-refractivity contribution in [3.63, 3.8) is 0 Å². The van der Waals surface area contributed by atoms with Crippen LogP contribution >= 0.6 is 0 Å². The first-order valence-corrected chi connectivity index (χ1v) is 10.6. The summed E-state index contributed by atoms with van der Waals surface area (Å²) in [6.45, 7) is 3.80. The molecular formula is C27H25N3O4. The number of carbonyl (C=O) groups is 2. The molecule has 0 saturated heterocycles. The predicted octanol–water partition coefficient (Wildman–Crippen LogP) is 4.88. The summed E-state index contributed by atoms with van der Waals surface area (Å²) in [5.41, 5.74) is 3.89. The van der Waals surface area contributed by atoms with Crippen molar-refractivity contribution in [3.8, 4) is 17.6 Å². The largest absolute Gasteiger partial charge is 0.495 e. The van der Waals surface area contributed by atoms with E-state index in [4.69, 9.17) is 9.47 Å². The standard InChI is InChI=1S/C27H25N3O4/c1-18-11-12-22(13-19(18)2)29-26(31)17-34-23-8-6-7-20(15-23)14-21(16-28)27(32)30-24-9-4-5-10-25(24)33-3/h4-15H,17H2,1-3H3,(H,29,31)(H,30,32)/b21-14-. The Kier molecular flexibility index (Phi) is 8.03. The van der Waals surface area contributed by atoms with Gasteiger partial charge in [0.2, 0.25) is 0 Å². The third kappa shape index (κ3) is 6.47. The molecule has 0 aliphatic rings. The highest BCUT2D eigenvalue weighted by atomic mass is 16.5. The van der Waals surface area contributed by atoms with Crippen LogP contribution < -0.4 is 20.1 Å². The normalized spacial score (nSPS) is 10.7. The number of anilines is 2. The van der Waals surface area contributed by atoms with E-state index in [1.807, 2.05) is 38.1 Å². The molecule has 172 valence electrons. The molecule has 34 heavy (non-hydrogen) atoms. The minimum atomic E-state index is -0.564. The summed E-state index contributed by atoms with van der Waals surface area (Å²) in [4.78, 5) is 24.8. The summed E-state index contributed by atoms with van der Waals surface area (Å²) in [6.07, 6.45) is 1.45. The number of methoxy groups -OCH3 is 1. The van der Waals surface area contributed by atoms with Gasteiger partial charge in [0.1, 0.15) is 23.1 Å². The van der Waals surface area contributed by atoms with Crippen LogP contribution in [-0.2, 0) is 9.59 Å². The molecule has 0 atom stereocenters. The molecule has 0 aromatic heterocycles. The molecule has 3 aromatic rings. The molecule has 3 rings (SSSR count). The van der Waals surface area contributed by atoms with E-state index >= 15 is 0 Å². The minimum absolute atomic E-state index is 0.0875. The first kappa shape index (κ1) is 24.1. The number of carbonyl (C=O) groups excluding carboxylic acids is 2. The Morgan fingerprint density at radius 1 is 0.971 bits per heavy atom. The van der Waals surface area contributed by atoms with E-state index in [2.05, 4.69) is 10.6 Å². The van der Waals surface area contributed by atoms with Crippen molar-refractivity contribution in [3.05, 3.63) is 89.0 Å². The number of nitrogens with zero attached hydrogens (tertiary/aromatic N) is 1. The number of nitriles is 1. The molecule has 7 nitrogen and oxygen atoms in total. The Morgan fingerprint density at radius 3 is 2.50 bits per heavy atom. The van der Waals surface area contributed by atoms with Crippen LogP contribution in [-0.4, -0.2) is 25.5 Å². The van der Waals surface area contributed by atoms with Crippen molar-refractivity contribution >= 4 is 29.3 Å². The van der Waals surface area contributed by atoms with Crippen molar-refractivity contribution in [2.45, 2.75) is 13.8 Å². The Labute approximate surface area is 198 Å². The van der Waals surface area contributed by atoms with Crippen molar-refractivity contribution < 1.29 is 19.1 Å². The Balaban J connectivity index is 1.65. The van der Waals surface area contributed by atoms with E-state index in [9.17, 15) is 14.9 Å². The van der Waals surface area contributed by atoms with Gasteiger partial charge in [-0.3, -0.25) is 9.59 Å². The number of hydrogen-bond acceptors (Lipinski definition) is 5.